The Balaban J connectivity index is 1.94. The number of nitrogens with zero attached hydrogens (tertiary/aromatic N) is 1. The molecule has 0 aromatic heterocycles. The summed E-state index contributed by atoms with van der Waals surface area (Å²) in [6.07, 6.45) is 0.700. The molecule has 110 valence electrons. The molecule has 22 heavy (non-hydrogen) atoms. The van der Waals surface area contributed by atoms with Gasteiger partial charge in [-0.25, -0.2) is 0 Å². The van der Waals surface area contributed by atoms with Crippen molar-refractivity contribution in [2.75, 3.05) is 11.9 Å². The summed E-state index contributed by atoms with van der Waals surface area (Å²) in [7, 11) is 0. The number of nitrogens with one attached hydrogen (secondary N) is 1. The van der Waals surface area contributed by atoms with Crippen molar-refractivity contribution < 1.29 is 14.3 Å². The fourth-order valence-electron chi connectivity index (χ4n) is 1.71. The molecule has 5 nitrogen and oxygen atoms in total. The van der Waals surface area contributed by atoms with Gasteiger partial charge < -0.3 is 10.1 Å². The molecule has 0 aliphatic rings. The van der Waals surface area contributed by atoms with E-state index < -0.39 is 0 Å². The highest BCUT2D eigenvalue weighted by Gasteiger charge is 2.06. The van der Waals surface area contributed by atoms with E-state index in [-0.39, 0.29) is 17.5 Å². The van der Waals surface area contributed by atoms with Gasteiger partial charge in [0, 0.05) is 11.3 Å². The molecule has 0 aliphatic heterocycles. The molecule has 2 aromatic carbocycles. The number of nitriles is 1. The average Bonchev–Trinajstić information content (AvgIpc) is 2.53. The maximum absolute atomic E-state index is 11.8. The van der Waals surface area contributed by atoms with Crippen LogP contribution in [-0.2, 0) is 4.79 Å². The topological polar surface area (TPSA) is 79.2 Å². The number of hydrogen-bond acceptors (Lipinski definition) is 4. The van der Waals surface area contributed by atoms with E-state index >= 15 is 0 Å². The first-order chi connectivity index (χ1) is 10.6. The molecule has 0 bridgehead atoms. The minimum absolute atomic E-state index is 0.208. The van der Waals surface area contributed by atoms with Crippen molar-refractivity contribution in [1.82, 2.24) is 0 Å². The van der Waals surface area contributed by atoms with Gasteiger partial charge in [-0.15, -0.1) is 0 Å². The SMILES string of the molecule is N#Cc1ccc(NC(=O)COc2cccc(C=O)c2)cc1Cl. The number of hydrogen-bond donors (Lipinski definition) is 1. The standard InChI is InChI=1S/C16H11ClN2O3/c17-15-7-13(5-4-12(15)8-18)19-16(21)10-22-14-3-1-2-11(6-14)9-20/h1-7,9H,10H2,(H,19,21). The van der Waals surface area contributed by atoms with Gasteiger partial charge >= 0.3 is 0 Å². The van der Waals surface area contributed by atoms with Crippen molar-refractivity contribution >= 4 is 29.5 Å². The fraction of sp³-hybridized carbons (Fsp3) is 0.0625. The van der Waals surface area contributed by atoms with Crippen LogP contribution in [0.4, 0.5) is 5.69 Å². The number of aldehydes is 1. The van der Waals surface area contributed by atoms with Crippen molar-refractivity contribution in [2.24, 2.45) is 0 Å². The van der Waals surface area contributed by atoms with Crippen LogP contribution in [0.3, 0.4) is 0 Å². The largest absolute Gasteiger partial charge is 0.484 e. The second-order valence-corrected chi connectivity index (χ2v) is 4.74. The molecule has 0 unspecified atom stereocenters. The van der Waals surface area contributed by atoms with Crippen LogP contribution in [0.25, 0.3) is 0 Å². The first-order valence-corrected chi connectivity index (χ1v) is 6.67. The van der Waals surface area contributed by atoms with Gasteiger partial charge in [0.2, 0.25) is 0 Å². The van der Waals surface area contributed by atoms with E-state index in [2.05, 4.69) is 5.32 Å². The molecule has 0 heterocycles. The van der Waals surface area contributed by atoms with Gasteiger partial charge in [0.15, 0.2) is 6.61 Å². The van der Waals surface area contributed by atoms with Crippen LogP contribution in [0.1, 0.15) is 15.9 Å². The zero-order valence-electron chi connectivity index (χ0n) is 11.4. The minimum Gasteiger partial charge on any atom is -0.484 e. The lowest BCUT2D eigenvalue weighted by molar-refractivity contribution is -0.118. The molecular weight excluding hydrogens is 304 g/mol. The molecular formula is C16H11ClN2O3. The van der Waals surface area contributed by atoms with Crippen molar-refractivity contribution in [1.29, 1.82) is 5.26 Å². The molecule has 0 saturated heterocycles. The Morgan fingerprint density at radius 2 is 2.14 bits per heavy atom. The van der Waals surface area contributed by atoms with E-state index in [9.17, 15) is 9.59 Å². The molecule has 0 saturated carbocycles. The van der Waals surface area contributed by atoms with Gasteiger partial charge in [0.1, 0.15) is 18.1 Å². The Morgan fingerprint density at radius 1 is 1.32 bits per heavy atom. The quantitative estimate of drug-likeness (QED) is 0.860. The molecule has 1 N–H and O–H groups in total. The van der Waals surface area contributed by atoms with E-state index in [4.69, 9.17) is 21.6 Å². The average molecular weight is 315 g/mol. The molecule has 0 aliphatic carbocycles. The zero-order chi connectivity index (χ0) is 15.9. The summed E-state index contributed by atoms with van der Waals surface area (Å²) >= 11 is 5.88. The van der Waals surface area contributed by atoms with Crippen LogP contribution >= 0.6 is 11.6 Å². The fourth-order valence-corrected chi connectivity index (χ4v) is 1.93. The molecule has 0 fully saturated rings. The van der Waals surface area contributed by atoms with Crippen LogP contribution < -0.4 is 10.1 Å². The number of amides is 1. The normalized spacial score (nSPS) is 9.64. The Bertz CT molecular complexity index is 753. The summed E-state index contributed by atoms with van der Waals surface area (Å²) < 4.78 is 5.30. The lowest BCUT2D eigenvalue weighted by Crippen LogP contribution is -2.20. The van der Waals surface area contributed by atoms with Crippen LogP contribution in [0.5, 0.6) is 5.75 Å². The number of benzene rings is 2. The highest BCUT2D eigenvalue weighted by Crippen LogP contribution is 2.20. The lowest BCUT2D eigenvalue weighted by Gasteiger charge is -2.08. The van der Waals surface area contributed by atoms with Crippen LogP contribution in [0, 0.1) is 11.3 Å². The maximum atomic E-state index is 11.8. The first-order valence-electron chi connectivity index (χ1n) is 6.30. The molecule has 0 radical (unpaired) electrons. The van der Waals surface area contributed by atoms with Gasteiger partial charge in [-0.2, -0.15) is 5.26 Å². The number of halogens is 1. The van der Waals surface area contributed by atoms with Gasteiger partial charge in [0.05, 0.1) is 10.6 Å². The van der Waals surface area contributed by atoms with Crippen LogP contribution in [0.2, 0.25) is 5.02 Å². The predicted molar refractivity (Wildman–Crippen MR) is 82.1 cm³/mol. The number of carbonyl (C=O) groups is 2. The van der Waals surface area contributed by atoms with Gasteiger partial charge in [-0.05, 0) is 30.3 Å². The van der Waals surface area contributed by atoms with E-state index in [0.29, 0.717) is 28.8 Å². The van der Waals surface area contributed by atoms with E-state index in [1.165, 1.54) is 12.1 Å². The van der Waals surface area contributed by atoms with Crippen LogP contribution in [-0.4, -0.2) is 18.8 Å². The van der Waals surface area contributed by atoms with Crippen molar-refractivity contribution in [3.05, 3.63) is 58.6 Å². The second kappa shape index (κ2) is 7.25. The van der Waals surface area contributed by atoms with Gasteiger partial charge in [0.25, 0.3) is 5.91 Å². The Morgan fingerprint density at radius 3 is 2.82 bits per heavy atom. The third kappa shape index (κ3) is 4.08. The number of ether oxygens (including phenoxy) is 1. The monoisotopic (exact) mass is 314 g/mol. The highest BCUT2D eigenvalue weighted by molar-refractivity contribution is 6.32. The lowest BCUT2D eigenvalue weighted by atomic mass is 10.2. The molecule has 0 atom stereocenters. The number of rotatable bonds is 5. The molecule has 6 heteroatoms. The third-order valence-electron chi connectivity index (χ3n) is 2.74. The van der Waals surface area contributed by atoms with E-state index in [0.717, 1.165) is 0 Å². The van der Waals surface area contributed by atoms with Crippen molar-refractivity contribution in [3.8, 4) is 11.8 Å². The predicted octanol–water partition coefficient (Wildman–Crippen LogP) is 3.04. The summed E-state index contributed by atoms with van der Waals surface area (Å²) in [5.41, 5.74) is 1.28. The Hall–Kier alpha value is -2.84. The zero-order valence-corrected chi connectivity index (χ0v) is 12.1. The summed E-state index contributed by atoms with van der Waals surface area (Å²) in [5.74, 6) is 0.0508. The summed E-state index contributed by atoms with van der Waals surface area (Å²) in [4.78, 5) is 22.4. The maximum Gasteiger partial charge on any atom is 0.262 e. The Kier molecular flexibility index (Phi) is 5.12. The molecule has 1 amide bonds. The number of carbonyl (C=O) groups excluding carboxylic acids is 2. The van der Waals surface area contributed by atoms with E-state index in [1.807, 2.05) is 6.07 Å². The Labute approximate surface area is 132 Å². The van der Waals surface area contributed by atoms with Gasteiger partial charge in [-0.3, -0.25) is 9.59 Å². The third-order valence-corrected chi connectivity index (χ3v) is 3.05. The highest BCUT2D eigenvalue weighted by atomic mass is 35.5. The molecule has 2 rings (SSSR count). The molecule has 0 spiro atoms. The van der Waals surface area contributed by atoms with Crippen LogP contribution in [0.15, 0.2) is 42.5 Å². The molecule has 2 aromatic rings. The van der Waals surface area contributed by atoms with Gasteiger partial charge in [-0.1, -0.05) is 23.7 Å². The number of anilines is 1. The van der Waals surface area contributed by atoms with Crippen molar-refractivity contribution in [3.63, 3.8) is 0 Å². The first kappa shape index (κ1) is 15.5. The minimum atomic E-state index is -0.378. The second-order valence-electron chi connectivity index (χ2n) is 4.33. The summed E-state index contributed by atoms with van der Waals surface area (Å²) in [6, 6.07) is 13.0. The summed E-state index contributed by atoms with van der Waals surface area (Å²) in [6.45, 7) is -0.208. The van der Waals surface area contributed by atoms with Crippen molar-refractivity contribution in [2.45, 2.75) is 0 Å². The van der Waals surface area contributed by atoms with E-state index in [1.54, 1.807) is 30.3 Å². The smallest absolute Gasteiger partial charge is 0.262 e. The summed E-state index contributed by atoms with van der Waals surface area (Å²) in [5, 5.41) is 11.6.